The molecule has 2 atom stereocenters. The molecule has 1 unspecified atom stereocenters. The van der Waals surface area contributed by atoms with E-state index >= 15 is 0 Å². The van der Waals surface area contributed by atoms with Crippen LogP contribution in [-0.2, 0) is 4.74 Å². The second kappa shape index (κ2) is 4.07. The molecule has 0 radical (unpaired) electrons. The van der Waals surface area contributed by atoms with Gasteiger partial charge in [-0.3, -0.25) is 0 Å². The summed E-state index contributed by atoms with van der Waals surface area (Å²) in [5.74, 6) is -0.196. The van der Waals surface area contributed by atoms with Crippen LogP contribution < -0.4 is 5.32 Å². The van der Waals surface area contributed by atoms with Crippen molar-refractivity contribution in [1.82, 2.24) is 5.32 Å². The average molecular weight is 195 g/mol. The summed E-state index contributed by atoms with van der Waals surface area (Å²) in [6.07, 6.45) is 0. The summed E-state index contributed by atoms with van der Waals surface area (Å²) in [6.45, 7) is 3.49. The zero-order valence-electron chi connectivity index (χ0n) is 8.16. The van der Waals surface area contributed by atoms with Crippen LogP contribution in [0, 0.1) is 5.82 Å². The largest absolute Gasteiger partial charge is 0.378 e. The number of hydrogen-bond donors (Lipinski definition) is 1. The van der Waals surface area contributed by atoms with E-state index in [2.05, 4.69) is 12.2 Å². The summed E-state index contributed by atoms with van der Waals surface area (Å²) in [7, 11) is 0. The monoisotopic (exact) mass is 195 g/mol. The van der Waals surface area contributed by atoms with Gasteiger partial charge in [0.25, 0.3) is 0 Å². The van der Waals surface area contributed by atoms with Crippen LogP contribution in [0.5, 0.6) is 0 Å². The van der Waals surface area contributed by atoms with E-state index in [-0.39, 0.29) is 11.9 Å². The molecule has 1 saturated heterocycles. The van der Waals surface area contributed by atoms with Gasteiger partial charge < -0.3 is 10.1 Å². The lowest BCUT2D eigenvalue weighted by molar-refractivity contribution is 0.0504. The van der Waals surface area contributed by atoms with Gasteiger partial charge in [0.2, 0.25) is 0 Å². The average Bonchev–Trinajstić information content (AvgIpc) is 2.19. The Labute approximate surface area is 83.1 Å². The number of benzene rings is 1. The second-order valence-electron chi connectivity index (χ2n) is 3.71. The van der Waals surface area contributed by atoms with Crippen molar-refractivity contribution >= 4 is 0 Å². The van der Waals surface area contributed by atoms with E-state index in [4.69, 9.17) is 4.74 Å². The van der Waals surface area contributed by atoms with Crippen LogP contribution >= 0.6 is 0 Å². The molecular formula is C11H14FNO. The van der Waals surface area contributed by atoms with Crippen molar-refractivity contribution in [1.29, 1.82) is 0 Å². The molecule has 2 rings (SSSR count). The van der Waals surface area contributed by atoms with Gasteiger partial charge in [0.05, 0.1) is 19.3 Å². The molecule has 2 nitrogen and oxygen atoms in total. The van der Waals surface area contributed by atoms with Crippen LogP contribution in [0.1, 0.15) is 18.5 Å². The van der Waals surface area contributed by atoms with E-state index in [1.54, 1.807) is 12.1 Å². The second-order valence-corrected chi connectivity index (χ2v) is 3.71. The zero-order chi connectivity index (χ0) is 9.97. The van der Waals surface area contributed by atoms with Gasteiger partial charge in [-0.2, -0.15) is 0 Å². The Balaban J connectivity index is 2.10. The fraction of sp³-hybridized carbons (Fsp3) is 0.455. The molecule has 0 saturated carbocycles. The van der Waals surface area contributed by atoms with E-state index < -0.39 is 0 Å². The predicted octanol–water partition coefficient (Wildman–Crippen LogP) is 1.88. The lowest BCUT2D eigenvalue weighted by Crippen LogP contribution is -2.41. The van der Waals surface area contributed by atoms with Crippen molar-refractivity contribution in [2.75, 3.05) is 13.2 Å². The van der Waals surface area contributed by atoms with E-state index in [0.717, 1.165) is 12.2 Å². The van der Waals surface area contributed by atoms with Crippen molar-refractivity contribution in [3.63, 3.8) is 0 Å². The SMILES string of the molecule is C[C@H]1COCC(c2ccc(F)cc2)N1. The number of morpholine rings is 1. The first-order valence-corrected chi connectivity index (χ1v) is 4.85. The van der Waals surface area contributed by atoms with Crippen molar-refractivity contribution in [3.8, 4) is 0 Å². The Morgan fingerprint density at radius 1 is 1.29 bits per heavy atom. The summed E-state index contributed by atoms with van der Waals surface area (Å²) in [5, 5.41) is 3.40. The van der Waals surface area contributed by atoms with Crippen LogP contribution in [0.4, 0.5) is 4.39 Å². The molecule has 0 spiro atoms. The van der Waals surface area contributed by atoms with Crippen molar-refractivity contribution in [2.45, 2.75) is 19.0 Å². The highest BCUT2D eigenvalue weighted by molar-refractivity contribution is 5.20. The number of nitrogens with one attached hydrogen (secondary N) is 1. The van der Waals surface area contributed by atoms with E-state index in [1.807, 2.05) is 0 Å². The molecule has 1 aliphatic heterocycles. The van der Waals surface area contributed by atoms with Crippen LogP contribution in [0.15, 0.2) is 24.3 Å². The third-order valence-corrected chi connectivity index (χ3v) is 2.41. The summed E-state index contributed by atoms with van der Waals surface area (Å²) < 4.78 is 18.1. The van der Waals surface area contributed by atoms with Crippen LogP contribution in [-0.4, -0.2) is 19.3 Å². The van der Waals surface area contributed by atoms with Crippen LogP contribution in [0.3, 0.4) is 0 Å². The Morgan fingerprint density at radius 2 is 2.00 bits per heavy atom. The topological polar surface area (TPSA) is 21.3 Å². The summed E-state index contributed by atoms with van der Waals surface area (Å²) in [6, 6.07) is 7.12. The van der Waals surface area contributed by atoms with E-state index in [0.29, 0.717) is 12.6 Å². The number of rotatable bonds is 1. The van der Waals surface area contributed by atoms with Crippen LogP contribution in [0.2, 0.25) is 0 Å². The summed E-state index contributed by atoms with van der Waals surface area (Å²) >= 11 is 0. The maximum absolute atomic E-state index is 12.7. The maximum Gasteiger partial charge on any atom is 0.123 e. The van der Waals surface area contributed by atoms with Gasteiger partial charge in [0.15, 0.2) is 0 Å². The first kappa shape index (κ1) is 9.62. The molecular weight excluding hydrogens is 181 g/mol. The van der Waals surface area contributed by atoms with Crippen molar-refractivity contribution in [2.24, 2.45) is 0 Å². The minimum absolute atomic E-state index is 0.194. The molecule has 3 heteroatoms. The lowest BCUT2D eigenvalue weighted by atomic mass is 10.1. The van der Waals surface area contributed by atoms with E-state index in [9.17, 15) is 4.39 Å². The Bertz CT molecular complexity index is 299. The third kappa shape index (κ3) is 2.11. The molecule has 1 aromatic carbocycles. The van der Waals surface area contributed by atoms with Gasteiger partial charge in [-0.05, 0) is 24.6 Å². The zero-order valence-corrected chi connectivity index (χ0v) is 8.16. The molecule has 14 heavy (non-hydrogen) atoms. The number of ether oxygens (including phenoxy) is 1. The fourth-order valence-electron chi connectivity index (χ4n) is 1.69. The highest BCUT2D eigenvalue weighted by Gasteiger charge is 2.19. The smallest absolute Gasteiger partial charge is 0.123 e. The third-order valence-electron chi connectivity index (χ3n) is 2.41. The number of hydrogen-bond acceptors (Lipinski definition) is 2. The van der Waals surface area contributed by atoms with Crippen molar-refractivity contribution in [3.05, 3.63) is 35.6 Å². The lowest BCUT2D eigenvalue weighted by Gasteiger charge is -2.29. The molecule has 1 aromatic rings. The van der Waals surface area contributed by atoms with Gasteiger partial charge in [0.1, 0.15) is 5.82 Å². The normalized spacial score (nSPS) is 27.6. The highest BCUT2D eigenvalue weighted by Crippen LogP contribution is 2.17. The molecule has 0 aromatic heterocycles. The Hall–Kier alpha value is -0.930. The minimum Gasteiger partial charge on any atom is -0.378 e. The molecule has 0 aliphatic carbocycles. The first-order chi connectivity index (χ1) is 6.75. The highest BCUT2D eigenvalue weighted by atomic mass is 19.1. The summed E-state index contributed by atoms with van der Waals surface area (Å²) in [4.78, 5) is 0. The molecule has 1 N–H and O–H groups in total. The fourth-order valence-corrected chi connectivity index (χ4v) is 1.69. The Kier molecular flexibility index (Phi) is 2.79. The van der Waals surface area contributed by atoms with Gasteiger partial charge in [-0.15, -0.1) is 0 Å². The van der Waals surface area contributed by atoms with Gasteiger partial charge >= 0.3 is 0 Å². The van der Waals surface area contributed by atoms with E-state index in [1.165, 1.54) is 12.1 Å². The molecule has 0 amide bonds. The summed E-state index contributed by atoms with van der Waals surface area (Å²) in [5.41, 5.74) is 1.08. The number of halogens is 1. The molecule has 0 bridgehead atoms. The quantitative estimate of drug-likeness (QED) is 0.738. The Morgan fingerprint density at radius 3 is 2.64 bits per heavy atom. The van der Waals surface area contributed by atoms with Gasteiger partial charge in [-0.1, -0.05) is 12.1 Å². The maximum atomic E-state index is 12.7. The molecule has 1 aliphatic rings. The molecule has 1 fully saturated rings. The van der Waals surface area contributed by atoms with Crippen LogP contribution in [0.25, 0.3) is 0 Å². The van der Waals surface area contributed by atoms with Gasteiger partial charge in [0, 0.05) is 6.04 Å². The standard InChI is InChI=1S/C11H14FNO/c1-8-6-14-7-11(13-8)9-2-4-10(12)5-3-9/h2-5,8,11,13H,6-7H2,1H3/t8-,11?/m0/s1. The van der Waals surface area contributed by atoms with Gasteiger partial charge in [-0.25, -0.2) is 4.39 Å². The molecule has 76 valence electrons. The molecule has 1 heterocycles. The predicted molar refractivity (Wildman–Crippen MR) is 52.6 cm³/mol. The van der Waals surface area contributed by atoms with Crippen molar-refractivity contribution < 1.29 is 9.13 Å². The first-order valence-electron chi connectivity index (χ1n) is 4.85. The minimum atomic E-state index is -0.196.